The number of aromatic amines is 1. The van der Waals surface area contributed by atoms with Gasteiger partial charge >= 0.3 is 0 Å². The highest BCUT2D eigenvalue weighted by Crippen LogP contribution is 2.28. The van der Waals surface area contributed by atoms with Crippen LogP contribution in [0.15, 0.2) is 40.3 Å². The lowest BCUT2D eigenvalue weighted by Gasteiger charge is -1.93. The monoisotopic (exact) mass is 278 g/mol. The van der Waals surface area contributed by atoms with Gasteiger partial charge in [0.1, 0.15) is 0 Å². The molecule has 0 fully saturated rings. The fraction of sp³-hybridized carbons (Fsp3) is 0.0833. The molecule has 0 radical (unpaired) electrons. The molecule has 0 aliphatic heterocycles. The van der Waals surface area contributed by atoms with E-state index in [2.05, 4.69) is 32.5 Å². The highest BCUT2D eigenvalue weighted by Gasteiger charge is 2.08. The number of aromatic nitrogens is 1. The SMILES string of the molecule is C=CCN=Cc1c(O)[nH]c2ccc(Br)cc12. The van der Waals surface area contributed by atoms with Crippen molar-refractivity contribution in [3.05, 3.63) is 40.9 Å². The molecule has 3 nitrogen and oxygen atoms in total. The number of aromatic hydroxyl groups is 1. The Bertz CT molecular complexity index is 557. The van der Waals surface area contributed by atoms with Gasteiger partial charge in [-0.3, -0.25) is 4.99 Å². The van der Waals surface area contributed by atoms with Crippen LogP contribution in [0.2, 0.25) is 0 Å². The second-order valence-electron chi connectivity index (χ2n) is 3.36. The third-order valence-corrected chi connectivity index (χ3v) is 2.73. The topological polar surface area (TPSA) is 48.4 Å². The Labute approximate surface area is 102 Å². The molecule has 1 heterocycles. The molecule has 2 aromatic rings. The number of aliphatic imine (C=N–C) groups is 1. The van der Waals surface area contributed by atoms with Gasteiger partial charge in [-0.05, 0) is 18.2 Å². The molecule has 0 amide bonds. The van der Waals surface area contributed by atoms with E-state index in [1.165, 1.54) is 0 Å². The molecule has 0 aliphatic carbocycles. The van der Waals surface area contributed by atoms with Crippen molar-refractivity contribution in [3.63, 3.8) is 0 Å². The minimum atomic E-state index is 0.140. The van der Waals surface area contributed by atoms with Crippen LogP contribution in [0.3, 0.4) is 0 Å². The summed E-state index contributed by atoms with van der Waals surface area (Å²) in [6.07, 6.45) is 3.36. The zero-order valence-electron chi connectivity index (χ0n) is 8.57. The standard InChI is InChI=1S/C12H11BrN2O/c1-2-5-14-7-10-9-6-8(13)3-4-11(9)15-12(10)16/h2-4,6-7,15-16H,1,5H2. The second-order valence-corrected chi connectivity index (χ2v) is 4.28. The van der Waals surface area contributed by atoms with E-state index >= 15 is 0 Å². The molecule has 0 aliphatic rings. The number of hydrogen-bond donors (Lipinski definition) is 2. The first-order valence-corrected chi connectivity index (χ1v) is 5.62. The van der Waals surface area contributed by atoms with Crippen LogP contribution in [0.25, 0.3) is 10.9 Å². The van der Waals surface area contributed by atoms with Gasteiger partial charge in [0.05, 0.1) is 12.1 Å². The Hall–Kier alpha value is -1.55. The minimum Gasteiger partial charge on any atom is -0.494 e. The van der Waals surface area contributed by atoms with E-state index in [-0.39, 0.29) is 5.88 Å². The highest BCUT2D eigenvalue weighted by molar-refractivity contribution is 9.10. The zero-order valence-corrected chi connectivity index (χ0v) is 10.2. The molecule has 0 unspecified atom stereocenters. The third kappa shape index (κ3) is 2.02. The molecule has 16 heavy (non-hydrogen) atoms. The molecule has 0 spiro atoms. The highest BCUT2D eigenvalue weighted by atomic mass is 79.9. The van der Waals surface area contributed by atoms with Crippen molar-refractivity contribution in [1.82, 2.24) is 4.98 Å². The Morgan fingerprint density at radius 1 is 1.50 bits per heavy atom. The number of benzene rings is 1. The summed E-state index contributed by atoms with van der Waals surface area (Å²) < 4.78 is 0.970. The van der Waals surface area contributed by atoms with Gasteiger partial charge < -0.3 is 10.1 Å². The second kappa shape index (κ2) is 4.53. The van der Waals surface area contributed by atoms with Crippen molar-refractivity contribution in [1.29, 1.82) is 0 Å². The lowest BCUT2D eigenvalue weighted by molar-refractivity contribution is 0.457. The summed E-state index contributed by atoms with van der Waals surface area (Å²) in [5.74, 6) is 0.140. The van der Waals surface area contributed by atoms with Crippen LogP contribution < -0.4 is 0 Å². The molecule has 2 rings (SSSR count). The molecule has 2 N–H and O–H groups in total. The maximum absolute atomic E-state index is 9.74. The fourth-order valence-electron chi connectivity index (χ4n) is 1.52. The number of rotatable bonds is 3. The Balaban J connectivity index is 2.53. The predicted molar refractivity (Wildman–Crippen MR) is 70.3 cm³/mol. The van der Waals surface area contributed by atoms with Gasteiger partial charge in [-0.15, -0.1) is 6.58 Å². The van der Waals surface area contributed by atoms with Crippen LogP contribution in [-0.2, 0) is 0 Å². The summed E-state index contributed by atoms with van der Waals surface area (Å²) in [6, 6.07) is 5.77. The molecule has 0 atom stereocenters. The summed E-state index contributed by atoms with van der Waals surface area (Å²) >= 11 is 3.40. The van der Waals surface area contributed by atoms with Gasteiger partial charge in [0.15, 0.2) is 5.88 Å². The van der Waals surface area contributed by atoms with Crippen molar-refractivity contribution in [2.75, 3.05) is 6.54 Å². The zero-order chi connectivity index (χ0) is 11.5. The van der Waals surface area contributed by atoms with Crippen LogP contribution in [0.1, 0.15) is 5.56 Å². The van der Waals surface area contributed by atoms with Crippen LogP contribution in [0.4, 0.5) is 0 Å². The molecular weight excluding hydrogens is 268 g/mol. The first-order valence-electron chi connectivity index (χ1n) is 4.83. The Morgan fingerprint density at radius 2 is 2.31 bits per heavy atom. The molecule has 1 aromatic carbocycles. The Kier molecular flexibility index (Phi) is 3.10. The van der Waals surface area contributed by atoms with Gasteiger partial charge in [-0.2, -0.15) is 0 Å². The average Bonchev–Trinajstić information content (AvgIpc) is 2.56. The fourth-order valence-corrected chi connectivity index (χ4v) is 1.88. The van der Waals surface area contributed by atoms with Crippen LogP contribution in [-0.4, -0.2) is 22.8 Å². The normalized spacial score (nSPS) is 11.3. The maximum Gasteiger partial charge on any atom is 0.198 e. The molecule has 0 bridgehead atoms. The number of halogens is 1. The number of H-pyrrole nitrogens is 1. The van der Waals surface area contributed by atoms with Gasteiger partial charge in [0.25, 0.3) is 0 Å². The van der Waals surface area contributed by atoms with E-state index < -0.39 is 0 Å². The van der Waals surface area contributed by atoms with Crippen molar-refractivity contribution >= 4 is 33.0 Å². The summed E-state index contributed by atoms with van der Waals surface area (Å²) in [5, 5.41) is 10.7. The minimum absolute atomic E-state index is 0.140. The van der Waals surface area contributed by atoms with E-state index in [9.17, 15) is 5.11 Å². The van der Waals surface area contributed by atoms with Crippen molar-refractivity contribution < 1.29 is 5.11 Å². The Morgan fingerprint density at radius 3 is 3.06 bits per heavy atom. The molecule has 82 valence electrons. The molecular formula is C12H11BrN2O. The first kappa shape index (κ1) is 11.0. The van der Waals surface area contributed by atoms with Crippen molar-refractivity contribution in [2.45, 2.75) is 0 Å². The average molecular weight is 279 g/mol. The van der Waals surface area contributed by atoms with Gasteiger partial charge in [0.2, 0.25) is 0 Å². The first-order chi connectivity index (χ1) is 7.72. The maximum atomic E-state index is 9.74. The molecule has 0 saturated heterocycles. The van der Waals surface area contributed by atoms with E-state index in [1.807, 2.05) is 18.2 Å². The van der Waals surface area contributed by atoms with Crippen LogP contribution >= 0.6 is 15.9 Å². The summed E-state index contributed by atoms with van der Waals surface area (Å²) in [7, 11) is 0. The molecule has 0 saturated carbocycles. The molecule has 4 heteroatoms. The largest absolute Gasteiger partial charge is 0.494 e. The van der Waals surface area contributed by atoms with Crippen molar-refractivity contribution in [2.24, 2.45) is 4.99 Å². The summed E-state index contributed by atoms with van der Waals surface area (Å²) in [4.78, 5) is 7.03. The quantitative estimate of drug-likeness (QED) is 0.657. The predicted octanol–water partition coefficient (Wildman–Crippen LogP) is 3.24. The van der Waals surface area contributed by atoms with E-state index in [0.29, 0.717) is 12.1 Å². The van der Waals surface area contributed by atoms with E-state index in [0.717, 1.165) is 15.4 Å². The van der Waals surface area contributed by atoms with Crippen molar-refractivity contribution in [3.8, 4) is 5.88 Å². The number of hydrogen-bond acceptors (Lipinski definition) is 2. The van der Waals surface area contributed by atoms with Gasteiger partial charge in [-0.25, -0.2) is 0 Å². The lowest BCUT2D eigenvalue weighted by atomic mass is 10.2. The van der Waals surface area contributed by atoms with Gasteiger partial charge in [-0.1, -0.05) is 22.0 Å². The van der Waals surface area contributed by atoms with E-state index in [4.69, 9.17) is 0 Å². The number of nitrogens with one attached hydrogen (secondary N) is 1. The van der Waals surface area contributed by atoms with Crippen LogP contribution in [0, 0.1) is 0 Å². The number of fused-ring (bicyclic) bond motifs is 1. The summed E-state index contributed by atoms with van der Waals surface area (Å²) in [6.45, 7) is 4.13. The third-order valence-electron chi connectivity index (χ3n) is 2.23. The van der Waals surface area contributed by atoms with Gasteiger partial charge in [0, 0.05) is 21.6 Å². The smallest absolute Gasteiger partial charge is 0.198 e. The molecule has 1 aromatic heterocycles. The van der Waals surface area contributed by atoms with Crippen LogP contribution in [0.5, 0.6) is 5.88 Å². The lowest BCUT2D eigenvalue weighted by Crippen LogP contribution is -1.81. The van der Waals surface area contributed by atoms with E-state index in [1.54, 1.807) is 12.3 Å². The number of nitrogens with zero attached hydrogens (tertiary/aromatic N) is 1. The summed E-state index contributed by atoms with van der Waals surface area (Å²) in [5.41, 5.74) is 1.60.